The van der Waals surface area contributed by atoms with Crippen LogP contribution in [-0.4, -0.2) is 6.61 Å². The lowest BCUT2D eigenvalue weighted by Gasteiger charge is -2.39. The van der Waals surface area contributed by atoms with Crippen LogP contribution in [0.3, 0.4) is 0 Å². The lowest BCUT2D eigenvalue weighted by atomic mass is 9.74. The van der Waals surface area contributed by atoms with Gasteiger partial charge in [0.15, 0.2) is 0 Å². The fraction of sp³-hybridized carbons (Fsp3) is 0.600. The van der Waals surface area contributed by atoms with E-state index in [4.69, 9.17) is 4.74 Å². The van der Waals surface area contributed by atoms with Gasteiger partial charge in [0.2, 0.25) is 0 Å². The van der Waals surface area contributed by atoms with Gasteiger partial charge in [-0.2, -0.15) is 0 Å². The van der Waals surface area contributed by atoms with Gasteiger partial charge in [-0.25, -0.2) is 0 Å². The Bertz CT molecular complexity index is 333. The molecule has 0 unspecified atom stereocenters. The van der Waals surface area contributed by atoms with Gasteiger partial charge >= 0.3 is 0 Å². The van der Waals surface area contributed by atoms with Crippen molar-refractivity contribution >= 4 is 0 Å². The zero-order valence-electron chi connectivity index (χ0n) is 9.77. The Hall–Kier alpha value is -0.820. The maximum atomic E-state index is 6.03. The monoisotopic (exact) mass is 216 g/mol. The highest BCUT2D eigenvalue weighted by molar-refractivity contribution is 5.18. The number of benzene rings is 1. The molecule has 2 aliphatic rings. The third-order valence-corrected chi connectivity index (χ3v) is 4.27. The first-order valence-electron chi connectivity index (χ1n) is 6.60. The van der Waals surface area contributed by atoms with Crippen LogP contribution in [0.15, 0.2) is 30.3 Å². The quantitative estimate of drug-likeness (QED) is 0.690. The average Bonchev–Trinajstić information content (AvgIpc) is 2.39. The fourth-order valence-electron chi connectivity index (χ4n) is 3.30. The van der Waals surface area contributed by atoms with Crippen LogP contribution in [0, 0.1) is 11.8 Å². The summed E-state index contributed by atoms with van der Waals surface area (Å²) in [6.07, 6.45) is 7.28. The minimum absolute atomic E-state index is 0.362. The molecule has 1 aromatic rings. The SMILES string of the molecule is c1ccc([C@@H]2C[C@H]3CCCC[C@H]3CO2)cc1. The van der Waals surface area contributed by atoms with Gasteiger partial charge in [-0.15, -0.1) is 0 Å². The van der Waals surface area contributed by atoms with Crippen LogP contribution in [0.4, 0.5) is 0 Å². The second-order valence-electron chi connectivity index (χ2n) is 5.27. The summed E-state index contributed by atoms with van der Waals surface area (Å²) in [6.45, 7) is 0.990. The van der Waals surface area contributed by atoms with E-state index in [0.29, 0.717) is 6.10 Å². The molecule has 0 radical (unpaired) electrons. The van der Waals surface area contributed by atoms with Crippen LogP contribution >= 0.6 is 0 Å². The molecule has 1 saturated heterocycles. The van der Waals surface area contributed by atoms with E-state index in [1.54, 1.807) is 0 Å². The Morgan fingerprint density at radius 1 is 0.938 bits per heavy atom. The normalized spacial score (nSPS) is 34.4. The van der Waals surface area contributed by atoms with Crippen molar-refractivity contribution < 1.29 is 4.74 Å². The zero-order chi connectivity index (χ0) is 10.8. The van der Waals surface area contributed by atoms with Crippen molar-refractivity contribution in [3.05, 3.63) is 35.9 Å². The first-order valence-corrected chi connectivity index (χ1v) is 6.60. The predicted octanol–water partition coefficient (Wildman–Crippen LogP) is 3.95. The van der Waals surface area contributed by atoms with Gasteiger partial charge in [0.1, 0.15) is 0 Å². The molecule has 1 aliphatic heterocycles. The molecule has 0 aromatic heterocycles. The molecule has 1 heteroatoms. The van der Waals surface area contributed by atoms with Crippen molar-refractivity contribution in [3.8, 4) is 0 Å². The van der Waals surface area contributed by atoms with Crippen LogP contribution in [0.25, 0.3) is 0 Å². The number of hydrogen-bond acceptors (Lipinski definition) is 1. The van der Waals surface area contributed by atoms with Crippen molar-refractivity contribution in [2.24, 2.45) is 11.8 Å². The summed E-state index contributed by atoms with van der Waals surface area (Å²) in [5, 5.41) is 0. The molecule has 3 atom stereocenters. The maximum absolute atomic E-state index is 6.03. The summed E-state index contributed by atoms with van der Waals surface area (Å²) in [5.41, 5.74) is 1.37. The van der Waals surface area contributed by atoms with Crippen LogP contribution in [0.2, 0.25) is 0 Å². The number of ether oxygens (including phenoxy) is 1. The third kappa shape index (κ3) is 2.01. The summed E-state index contributed by atoms with van der Waals surface area (Å²) in [7, 11) is 0. The van der Waals surface area contributed by atoms with E-state index in [0.717, 1.165) is 18.4 Å². The molecular formula is C15H20O. The molecule has 0 amide bonds. The molecule has 1 aromatic carbocycles. The summed E-state index contributed by atoms with van der Waals surface area (Å²) in [5.74, 6) is 1.78. The minimum Gasteiger partial charge on any atom is -0.373 e. The van der Waals surface area contributed by atoms with E-state index in [1.165, 1.54) is 37.7 Å². The van der Waals surface area contributed by atoms with E-state index in [2.05, 4.69) is 30.3 Å². The van der Waals surface area contributed by atoms with Gasteiger partial charge in [0, 0.05) is 0 Å². The van der Waals surface area contributed by atoms with E-state index in [-0.39, 0.29) is 0 Å². The molecule has 1 aliphatic carbocycles. The van der Waals surface area contributed by atoms with E-state index < -0.39 is 0 Å². The van der Waals surface area contributed by atoms with Gasteiger partial charge in [-0.1, -0.05) is 43.2 Å². The number of hydrogen-bond donors (Lipinski definition) is 0. The van der Waals surface area contributed by atoms with Crippen molar-refractivity contribution in [2.45, 2.75) is 38.2 Å². The molecule has 16 heavy (non-hydrogen) atoms. The molecule has 0 N–H and O–H groups in total. The van der Waals surface area contributed by atoms with Crippen LogP contribution < -0.4 is 0 Å². The zero-order valence-corrected chi connectivity index (χ0v) is 9.77. The lowest BCUT2D eigenvalue weighted by Crippen LogP contribution is -2.31. The largest absolute Gasteiger partial charge is 0.373 e. The third-order valence-electron chi connectivity index (χ3n) is 4.27. The predicted molar refractivity (Wildman–Crippen MR) is 65.2 cm³/mol. The van der Waals surface area contributed by atoms with E-state index in [1.807, 2.05) is 0 Å². The van der Waals surface area contributed by atoms with E-state index >= 15 is 0 Å². The summed E-state index contributed by atoms with van der Waals surface area (Å²) in [6, 6.07) is 10.7. The summed E-state index contributed by atoms with van der Waals surface area (Å²) >= 11 is 0. The van der Waals surface area contributed by atoms with Gasteiger partial charge in [0.25, 0.3) is 0 Å². The smallest absolute Gasteiger partial charge is 0.0827 e. The Labute approximate surface area is 97.8 Å². The first-order chi connectivity index (χ1) is 7.93. The maximum Gasteiger partial charge on any atom is 0.0827 e. The topological polar surface area (TPSA) is 9.23 Å². The highest BCUT2D eigenvalue weighted by atomic mass is 16.5. The minimum atomic E-state index is 0.362. The van der Waals surface area contributed by atoms with Crippen molar-refractivity contribution in [2.75, 3.05) is 6.61 Å². The lowest BCUT2D eigenvalue weighted by molar-refractivity contribution is -0.0612. The average molecular weight is 216 g/mol. The standard InChI is InChI=1S/C15H20O/c1-2-6-12(7-3-1)15-10-13-8-4-5-9-14(13)11-16-15/h1-3,6-7,13-15H,4-5,8-11H2/t13-,14+,15+/m1/s1. The Morgan fingerprint density at radius 2 is 1.69 bits per heavy atom. The molecular weight excluding hydrogens is 196 g/mol. The van der Waals surface area contributed by atoms with Gasteiger partial charge in [0.05, 0.1) is 12.7 Å². The van der Waals surface area contributed by atoms with Crippen molar-refractivity contribution in [1.82, 2.24) is 0 Å². The Balaban J connectivity index is 1.71. The molecule has 2 fully saturated rings. The van der Waals surface area contributed by atoms with Crippen molar-refractivity contribution in [3.63, 3.8) is 0 Å². The van der Waals surface area contributed by atoms with E-state index in [9.17, 15) is 0 Å². The molecule has 1 nitrogen and oxygen atoms in total. The van der Waals surface area contributed by atoms with Crippen LogP contribution in [0.1, 0.15) is 43.8 Å². The van der Waals surface area contributed by atoms with Gasteiger partial charge in [-0.05, 0) is 36.7 Å². The molecule has 1 heterocycles. The van der Waals surface area contributed by atoms with Gasteiger partial charge in [-0.3, -0.25) is 0 Å². The molecule has 86 valence electrons. The number of rotatable bonds is 1. The number of fused-ring (bicyclic) bond motifs is 1. The van der Waals surface area contributed by atoms with Crippen molar-refractivity contribution in [1.29, 1.82) is 0 Å². The summed E-state index contributed by atoms with van der Waals surface area (Å²) < 4.78 is 6.03. The summed E-state index contributed by atoms with van der Waals surface area (Å²) in [4.78, 5) is 0. The first kappa shape index (κ1) is 10.3. The molecule has 3 rings (SSSR count). The Kier molecular flexibility index (Phi) is 2.96. The Morgan fingerprint density at radius 3 is 2.50 bits per heavy atom. The molecule has 1 saturated carbocycles. The molecule has 0 bridgehead atoms. The van der Waals surface area contributed by atoms with Crippen LogP contribution in [0.5, 0.6) is 0 Å². The highest BCUT2D eigenvalue weighted by Gasteiger charge is 2.33. The second-order valence-corrected chi connectivity index (χ2v) is 5.27. The van der Waals surface area contributed by atoms with Gasteiger partial charge < -0.3 is 4.74 Å². The fourth-order valence-corrected chi connectivity index (χ4v) is 3.30. The second kappa shape index (κ2) is 4.58. The van der Waals surface area contributed by atoms with Crippen LogP contribution in [-0.2, 0) is 4.74 Å². The molecule has 0 spiro atoms. The highest BCUT2D eigenvalue weighted by Crippen LogP contribution is 2.41.